The van der Waals surface area contributed by atoms with Crippen LogP contribution in [-0.4, -0.2) is 45.7 Å². The Kier molecular flexibility index (Phi) is 4.70. The Balaban J connectivity index is 1.59. The van der Waals surface area contributed by atoms with Crippen LogP contribution < -0.4 is 0 Å². The Morgan fingerprint density at radius 1 is 1.37 bits per heavy atom. The van der Waals surface area contributed by atoms with Crippen molar-refractivity contribution in [1.29, 1.82) is 0 Å². The van der Waals surface area contributed by atoms with Crippen molar-refractivity contribution in [2.45, 2.75) is 32.3 Å². The van der Waals surface area contributed by atoms with E-state index < -0.39 is 0 Å². The van der Waals surface area contributed by atoms with Gasteiger partial charge in [-0.05, 0) is 31.9 Å². The fourth-order valence-corrected chi connectivity index (χ4v) is 3.92. The van der Waals surface area contributed by atoms with E-state index in [1.807, 2.05) is 30.1 Å². The van der Waals surface area contributed by atoms with Crippen LogP contribution >= 0.6 is 0 Å². The summed E-state index contributed by atoms with van der Waals surface area (Å²) in [4.78, 5) is 19.8. The summed E-state index contributed by atoms with van der Waals surface area (Å²) in [6.45, 7) is 3.47. The molecule has 0 N–H and O–H groups in total. The van der Waals surface area contributed by atoms with E-state index in [-0.39, 0.29) is 11.8 Å². The second kappa shape index (κ2) is 7.15. The van der Waals surface area contributed by atoms with Gasteiger partial charge in [0, 0.05) is 33.2 Å². The highest BCUT2D eigenvalue weighted by Gasteiger charge is 2.31. The summed E-state index contributed by atoms with van der Waals surface area (Å²) >= 11 is 0. The molecule has 27 heavy (non-hydrogen) atoms. The summed E-state index contributed by atoms with van der Waals surface area (Å²) < 4.78 is 12.6. The number of piperidine rings is 1. The molecule has 0 radical (unpaired) electrons. The smallest absolute Gasteiger partial charge is 0.276 e. The number of aryl methyl sites for hydroxylation is 2. The molecule has 1 unspecified atom stereocenters. The molecule has 142 valence electrons. The molecular weight excluding hydrogens is 344 g/mol. The number of carbonyl (C=O) groups is 1. The van der Waals surface area contributed by atoms with Crippen LogP contribution in [0.15, 0.2) is 28.8 Å². The molecule has 0 bridgehead atoms. The number of likely N-dealkylation sites (tertiary alicyclic amines) is 1. The SMILES string of the molecule is COCc1c(C(=O)N2CCCC(c3nc4ccccc4n3C)C2)noc1C. The van der Waals surface area contributed by atoms with Crippen LogP contribution in [0, 0.1) is 6.92 Å². The number of nitrogens with zero attached hydrogens (tertiary/aromatic N) is 4. The van der Waals surface area contributed by atoms with Crippen molar-refractivity contribution in [3.05, 3.63) is 47.1 Å². The maximum absolute atomic E-state index is 13.1. The monoisotopic (exact) mass is 368 g/mol. The first kappa shape index (κ1) is 17.7. The van der Waals surface area contributed by atoms with Crippen LogP contribution in [0.3, 0.4) is 0 Å². The topological polar surface area (TPSA) is 73.4 Å². The molecule has 7 heteroatoms. The zero-order valence-corrected chi connectivity index (χ0v) is 15.9. The number of benzene rings is 1. The molecule has 1 aromatic carbocycles. The summed E-state index contributed by atoms with van der Waals surface area (Å²) in [5.74, 6) is 1.77. The third-order valence-electron chi connectivity index (χ3n) is 5.37. The molecule has 2 aromatic heterocycles. The minimum atomic E-state index is -0.0950. The van der Waals surface area contributed by atoms with E-state index in [0.717, 1.165) is 41.8 Å². The lowest BCUT2D eigenvalue weighted by molar-refractivity contribution is 0.0689. The van der Waals surface area contributed by atoms with Crippen LogP contribution in [0.2, 0.25) is 0 Å². The number of amides is 1. The van der Waals surface area contributed by atoms with Crippen LogP contribution in [0.25, 0.3) is 11.0 Å². The van der Waals surface area contributed by atoms with Crippen LogP contribution in [0.1, 0.15) is 46.4 Å². The molecule has 1 atom stereocenters. The Hall–Kier alpha value is -2.67. The highest BCUT2D eigenvalue weighted by atomic mass is 16.5. The molecule has 1 aliphatic rings. The Labute approximate surface area is 157 Å². The highest BCUT2D eigenvalue weighted by Crippen LogP contribution is 2.29. The fraction of sp³-hybridized carbons (Fsp3) is 0.450. The molecule has 1 aliphatic heterocycles. The molecule has 1 saturated heterocycles. The average Bonchev–Trinajstić information content (AvgIpc) is 3.22. The first-order valence-corrected chi connectivity index (χ1v) is 9.25. The molecule has 1 fully saturated rings. The molecule has 0 spiro atoms. The number of ether oxygens (including phenoxy) is 1. The second-order valence-corrected chi connectivity index (χ2v) is 7.11. The van der Waals surface area contributed by atoms with Crippen molar-refractivity contribution >= 4 is 16.9 Å². The lowest BCUT2D eigenvalue weighted by Gasteiger charge is -2.32. The first-order valence-electron chi connectivity index (χ1n) is 9.25. The van der Waals surface area contributed by atoms with Crippen molar-refractivity contribution in [3.63, 3.8) is 0 Å². The van der Waals surface area contributed by atoms with Gasteiger partial charge in [0.15, 0.2) is 5.69 Å². The predicted octanol–water partition coefficient (Wildman–Crippen LogP) is 3.04. The van der Waals surface area contributed by atoms with Gasteiger partial charge in [0.1, 0.15) is 11.6 Å². The molecule has 3 aromatic rings. The zero-order chi connectivity index (χ0) is 19.0. The molecule has 3 heterocycles. The van der Waals surface area contributed by atoms with E-state index >= 15 is 0 Å². The van der Waals surface area contributed by atoms with Gasteiger partial charge >= 0.3 is 0 Å². The van der Waals surface area contributed by atoms with Gasteiger partial charge in [0.05, 0.1) is 23.2 Å². The number of hydrogen-bond donors (Lipinski definition) is 0. The summed E-state index contributed by atoms with van der Waals surface area (Å²) in [7, 11) is 3.65. The van der Waals surface area contributed by atoms with E-state index in [1.165, 1.54) is 0 Å². The summed E-state index contributed by atoms with van der Waals surface area (Å²) in [6, 6.07) is 8.13. The van der Waals surface area contributed by atoms with Gasteiger partial charge in [0.2, 0.25) is 0 Å². The van der Waals surface area contributed by atoms with Gasteiger partial charge in [-0.2, -0.15) is 0 Å². The molecule has 7 nitrogen and oxygen atoms in total. The normalized spacial score (nSPS) is 17.6. The van der Waals surface area contributed by atoms with E-state index in [1.54, 1.807) is 14.0 Å². The number of hydrogen-bond acceptors (Lipinski definition) is 5. The van der Waals surface area contributed by atoms with Gasteiger partial charge in [0.25, 0.3) is 5.91 Å². The minimum absolute atomic E-state index is 0.0950. The third kappa shape index (κ3) is 3.12. The quantitative estimate of drug-likeness (QED) is 0.708. The lowest BCUT2D eigenvalue weighted by atomic mass is 9.96. The summed E-state index contributed by atoms with van der Waals surface area (Å²) in [6.07, 6.45) is 1.96. The average molecular weight is 368 g/mol. The first-order chi connectivity index (χ1) is 13.1. The van der Waals surface area contributed by atoms with Crippen LogP contribution in [-0.2, 0) is 18.4 Å². The van der Waals surface area contributed by atoms with Gasteiger partial charge in [-0.3, -0.25) is 4.79 Å². The third-order valence-corrected chi connectivity index (χ3v) is 5.37. The summed E-state index contributed by atoms with van der Waals surface area (Å²) in [5.41, 5.74) is 3.20. The second-order valence-electron chi connectivity index (χ2n) is 7.11. The number of aromatic nitrogens is 3. The molecular formula is C20H24N4O3. The summed E-state index contributed by atoms with van der Waals surface area (Å²) in [5, 5.41) is 3.99. The molecule has 1 amide bonds. The molecule has 4 rings (SSSR count). The van der Waals surface area contributed by atoms with Crippen molar-refractivity contribution < 1.29 is 14.1 Å². The number of imidazole rings is 1. The van der Waals surface area contributed by atoms with Crippen LogP contribution in [0.5, 0.6) is 0 Å². The van der Waals surface area contributed by atoms with E-state index in [0.29, 0.717) is 24.6 Å². The minimum Gasteiger partial charge on any atom is -0.380 e. The Bertz CT molecular complexity index is 975. The zero-order valence-electron chi connectivity index (χ0n) is 15.9. The van der Waals surface area contributed by atoms with E-state index in [4.69, 9.17) is 14.2 Å². The number of methoxy groups -OCH3 is 1. The molecule has 0 aliphatic carbocycles. The predicted molar refractivity (Wildman–Crippen MR) is 101 cm³/mol. The number of fused-ring (bicyclic) bond motifs is 1. The number of carbonyl (C=O) groups excluding carboxylic acids is 1. The van der Waals surface area contributed by atoms with Crippen LogP contribution in [0.4, 0.5) is 0 Å². The van der Waals surface area contributed by atoms with Gasteiger partial charge < -0.3 is 18.7 Å². The van der Waals surface area contributed by atoms with E-state index in [2.05, 4.69) is 15.8 Å². The Morgan fingerprint density at radius 2 is 2.19 bits per heavy atom. The highest BCUT2D eigenvalue weighted by molar-refractivity contribution is 5.94. The van der Waals surface area contributed by atoms with Crippen molar-refractivity contribution in [1.82, 2.24) is 19.6 Å². The maximum atomic E-state index is 13.1. The van der Waals surface area contributed by atoms with Gasteiger partial charge in [-0.15, -0.1) is 0 Å². The largest absolute Gasteiger partial charge is 0.380 e. The van der Waals surface area contributed by atoms with Gasteiger partial charge in [-0.1, -0.05) is 17.3 Å². The van der Waals surface area contributed by atoms with E-state index in [9.17, 15) is 4.79 Å². The van der Waals surface area contributed by atoms with Gasteiger partial charge in [-0.25, -0.2) is 4.98 Å². The Morgan fingerprint density at radius 3 is 2.96 bits per heavy atom. The maximum Gasteiger partial charge on any atom is 0.276 e. The fourth-order valence-electron chi connectivity index (χ4n) is 3.92. The number of para-hydroxylation sites is 2. The standard InChI is InChI=1S/C20H24N4O3/c1-13-15(12-26-3)18(22-27-13)20(25)24-10-6-7-14(11-24)19-21-16-8-4-5-9-17(16)23(19)2/h4-5,8-9,14H,6-7,10-12H2,1-3H3. The molecule has 0 saturated carbocycles. The van der Waals surface area contributed by atoms with Crippen molar-refractivity contribution in [2.24, 2.45) is 7.05 Å². The number of rotatable bonds is 4. The lowest BCUT2D eigenvalue weighted by Crippen LogP contribution is -2.40. The van der Waals surface area contributed by atoms with Crippen molar-refractivity contribution in [3.8, 4) is 0 Å². The van der Waals surface area contributed by atoms with Crippen molar-refractivity contribution in [2.75, 3.05) is 20.2 Å².